The van der Waals surface area contributed by atoms with Gasteiger partial charge in [-0.15, -0.1) is 12.4 Å². The van der Waals surface area contributed by atoms with Gasteiger partial charge in [-0.1, -0.05) is 6.07 Å². The molecule has 0 saturated carbocycles. The van der Waals surface area contributed by atoms with Crippen molar-refractivity contribution in [3.05, 3.63) is 29.8 Å². The number of carboxylic acids is 1. The molecule has 12 heteroatoms. The van der Waals surface area contributed by atoms with Gasteiger partial charge in [-0.05, 0) is 25.1 Å². The summed E-state index contributed by atoms with van der Waals surface area (Å²) in [6, 6.07) is 4.38. The van der Waals surface area contributed by atoms with E-state index in [1.165, 1.54) is 6.92 Å². The first kappa shape index (κ1) is 24.1. The Bertz CT molecular complexity index is 778. The normalized spacial score (nSPS) is 17.5. The second kappa shape index (κ2) is 11.2. The molecule has 1 unspecified atom stereocenters. The molecule has 0 spiro atoms. The average molecular weight is 431 g/mol. The van der Waals surface area contributed by atoms with Crippen molar-refractivity contribution in [2.45, 2.75) is 25.2 Å². The van der Waals surface area contributed by atoms with Crippen molar-refractivity contribution in [2.75, 3.05) is 25.0 Å². The zero-order valence-electron chi connectivity index (χ0n) is 15.6. The van der Waals surface area contributed by atoms with E-state index < -0.39 is 36.0 Å². The summed E-state index contributed by atoms with van der Waals surface area (Å²) in [6.45, 7) is 1.44. The van der Waals surface area contributed by atoms with Crippen LogP contribution in [0.1, 0.15) is 17.3 Å². The Morgan fingerprint density at radius 3 is 2.76 bits per heavy atom. The van der Waals surface area contributed by atoms with Crippen molar-refractivity contribution in [1.29, 1.82) is 0 Å². The van der Waals surface area contributed by atoms with E-state index in [0.29, 0.717) is 17.2 Å². The Morgan fingerprint density at radius 2 is 2.14 bits per heavy atom. The highest BCUT2D eigenvalue weighted by atomic mass is 35.5. The average Bonchev–Trinajstić information content (AvgIpc) is 2.67. The second-order valence-corrected chi connectivity index (χ2v) is 6.26. The molecule has 1 heterocycles. The van der Waals surface area contributed by atoms with Crippen LogP contribution in [0.25, 0.3) is 0 Å². The first-order valence-electron chi connectivity index (χ1n) is 8.62. The number of alkyl halides is 1. The second-order valence-electron chi connectivity index (χ2n) is 6.26. The number of carbonyl (C=O) groups excluding carboxylic acids is 2. The van der Waals surface area contributed by atoms with Gasteiger partial charge in [-0.3, -0.25) is 14.4 Å². The molecule has 7 N–H and O–H groups in total. The molecule has 10 nitrogen and oxygen atoms in total. The molecule has 1 aromatic carbocycles. The predicted molar refractivity (Wildman–Crippen MR) is 108 cm³/mol. The number of benzene rings is 1. The molecule has 1 aliphatic heterocycles. The fourth-order valence-electron chi connectivity index (χ4n) is 2.27. The number of carbonyl (C=O) groups is 3. The van der Waals surface area contributed by atoms with Crippen LogP contribution >= 0.6 is 12.4 Å². The minimum atomic E-state index is -1.24. The third-order valence-electron chi connectivity index (χ3n) is 3.88. The van der Waals surface area contributed by atoms with E-state index in [1.807, 2.05) is 0 Å². The Labute approximate surface area is 172 Å². The summed E-state index contributed by atoms with van der Waals surface area (Å²) >= 11 is 0. The van der Waals surface area contributed by atoms with E-state index >= 15 is 0 Å². The number of anilines is 1. The molecule has 0 bridgehead atoms. The Hall–Kier alpha value is -2.92. The monoisotopic (exact) mass is 430 g/mol. The molecule has 0 radical (unpaired) electrons. The summed E-state index contributed by atoms with van der Waals surface area (Å²) in [5.41, 5.74) is 6.18. The summed E-state index contributed by atoms with van der Waals surface area (Å²) < 4.78 is 13.1. The predicted octanol–water partition coefficient (Wildman–Crippen LogP) is -0.536. The quantitative estimate of drug-likeness (QED) is 0.339. The van der Waals surface area contributed by atoms with E-state index in [4.69, 9.17) is 10.8 Å². The third-order valence-corrected chi connectivity index (χ3v) is 3.88. The molecular weight excluding hydrogens is 407 g/mol. The summed E-state index contributed by atoms with van der Waals surface area (Å²) in [6.07, 6.45) is -1.03. The van der Waals surface area contributed by atoms with Gasteiger partial charge in [0.2, 0.25) is 5.91 Å². The molecule has 2 rings (SSSR count). The number of hydrogen-bond donors (Lipinski definition) is 6. The molecule has 0 aliphatic carbocycles. The smallest absolute Gasteiger partial charge is 0.322 e. The molecule has 0 aromatic heterocycles. The van der Waals surface area contributed by atoms with Crippen LogP contribution in [-0.4, -0.2) is 66.7 Å². The SMILES string of the molecule is C[C@@H](NC(=O)c1cccc(NC2=NCC(F)CN2)c1)C(=O)NC[C@H](N)C(=O)O.Cl. The number of aliphatic imine (C=N–C) groups is 1. The van der Waals surface area contributed by atoms with E-state index in [1.54, 1.807) is 24.3 Å². The van der Waals surface area contributed by atoms with Gasteiger partial charge < -0.3 is 32.1 Å². The summed E-state index contributed by atoms with van der Waals surface area (Å²) in [4.78, 5) is 39.0. The van der Waals surface area contributed by atoms with Crippen LogP contribution in [0, 0.1) is 0 Å². The molecule has 2 amide bonds. The third kappa shape index (κ3) is 7.54. The Balaban J connectivity index is 0.00000420. The van der Waals surface area contributed by atoms with Crippen molar-refractivity contribution in [2.24, 2.45) is 10.7 Å². The fraction of sp³-hybridized carbons (Fsp3) is 0.412. The number of guanidine groups is 1. The number of halogens is 2. The van der Waals surface area contributed by atoms with Gasteiger partial charge in [0.25, 0.3) is 5.91 Å². The zero-order chi connectivity index (χ0) is 20.7. The lowest BCUT2D eigenvalue weighted by Crippen LogP contribution is -2.49. The highest BCUT2D eigenvalue weighted by molar-refractivity contribution is 6.00. The number of amides is 2. The van der Waals surface area contributed by atoms with E-state index in [2.05, 4.69) is 26.3 Å². The summed E-state index contributed by atoms with van der Waals surface area (Å²) in [5, 5.41) is 19.3. The van der Waals surface area contributed by atoms with E-state index in [-0.39, 0.29) is 32.0 Å². The maximum Gasteiger partial charge on any atom is 0.322 e. The first-order chi connectivity index (χ1) is 13.3. The van der Waals surface area contributed by atoms with Crippen molar-refractivity contribution in [1.82, 2.24) is 16.0 Å². The highest BCUT2D eigenvalue weighted by Gasteiger charge is 2.19. The lowest BCUT2D eigenvalue weighted by Gasteiger charge is -2.19. The van der Waals surface area contributed by atoms with Gasteiger partial charge in [0, 0.05) is 17.8 Å². The molecule has 1 aliphatic rings. The molecule has 1 aromatic rings. The van der Waals surface area contributed by atoms with Crippen molar-refractivity contribution < 1.29 is 23.9 Å². The van der Waals surface area contributed by atoms with Crippen LogP contribution in [0.2, 0.25) is 0 Å². The largest absolute Gasteiger partial charge is 0.480 e. The fourth-order valence-corrected chi connectivity index (χ4v) is 2.27. The lowest BCUT2D eigenvalue weighted by molar-refractivity contribution is -0.138. The molecule has 0 fully saturated rings. The van der Waals surface area contributed by atoms with Gasteiger partial charge >= 0.3 is 5.97 Å². The van der Waals surface area contributed by atoms with Crippen LogP contribution in [0.5, 0.6) is 0 Å². The molecule has 0 saturated heterocycles. The Morgan fingerprint density at radius 1 is 1.41 bits per heavy atom. The van der Waals surface area contributed by atoms with Crippen LogP contribution in [0.15, 0.2) is 29.3 Å². The number of hydrogen-bond acceptors (Lipinski definition) is 7. The first-order valence-corrected chi connectivity index (χ1v) is 8.62. The van der Waals surface area contributed by atoms with Gasteiger partial charge in [0.15, 0.2) is 5.96 Å². The maximum atomic E-state index is 13.1. The molecule has 29 heavy (non-hydrogen) atoms. The number of nitrogens with two attached hydrogens (primary N) is 1. The van der Waals surface area contributed by atoms with Crippen LogP contribution < -0.4 is 27.0 Å². The standard InChI is InChI=1S/C17H23FN6O4.ClH/c1-9(14(25)20-8-13(19)16(27)28)23-15(26)10-3-2-4-12(5-10)24-17-21-6-11(18)7-22-17;/h2-5,9,11,13H,6-8,19H2,1H3,(H,20,25)(H,23,26)(H,27,28)(H2,21,22,24);1H/t9-,13+;/m1./s1. The van der Waals surface area contributed by atoms with E-state index in [0.717, 1.165) is 0 Å². The molecule has 3 atom stereocenters. The van der Waals surface area contributed by atoms with Gasteiger partial charge in [0.1, 0.15) is 18.3 Å². The number of nitrogens with zero attached hydrogens (tertiary/aromatic N) is 1. The number of carboxylic acid groups (broad SMARTS) is 1. The number of nitrogens with one attached hydrogen (secondary N) is 4. The Kier molecular flexibility index (Phi) is 9.29. The number of rotatable bonds is 7. The summed E-state index contributed by atoms with van der Waals surface area (Å²) in [7, 11) is 0. The minimum Gasteiger partial charge on any atom is -0.480 e. The minimum absolute atomic E-state index is 0. The van der Waals surface area contributed by atoms with Crippen LogP contribution in [-0.2, 0) is 9.59 Å². The van der Waals surface area contributed by atoms with E-state index in [9.17, 15) is 18.8 Å². The van der Waals surface area contributed by atoms with Gasteiger partial charge in [-0.2, -0.15) is 0 Å². The highest BCUT2D eigenvalue weighted by Crippen LogP contribution is 2.11. The van der Waals surface area contributed by atoms with Crippen molar-refractivity contribution in [3.8, 4) is 0 Å². The summed E-state index contributed by atoms with van der Waals surface area (Å²) in [5.74, 6) is -1.87. The zero-order valence-corrected chi connectivity index (χ0v) is 16.5. The lowest BCUT2D eigenvalue weighted by atomic mass is 10.1. The number of aliphatic carboxylic acids is 1. The molecule has 160 valence electrons. The molecular formula is C17H24ClFN6O4. The van der Waals surface area contributed by atoms with Crippen molar-refractivity contribution >= 4 is 41.8 Å². The van der Waals surface area contributed by atoms with Crippen molar-refractivity contribution in [3.63, 3.8) is 0 Å². The van der Waals surface area contributed by atoms with Crippen LogP contribution in [0.4, 0.5) is 10.1 Å². The topological polar surface area (TPSA) is 158 Å². The maximum absolute atomic E-state index is 13.1. The van der Waals surface area contributed by atoms with Gasteiger partial charge in [-0.25, -0.2) is 9.38 Å². The van der Waals surface area contributed by atoms with Crippen LogP contribution in [0.3, 0.4) is 0 Å². The van der Waals surface area contributed by atoms with Gasteiger partial charge in [0.05, 0.1) is 13.1 Å².